The van der Waals surface area contributed by atoms with Gasteiger partial charge in [-0.1, -0.05) is 16.1 Å². The van der Waals surface area contributed by atoms with E-state index in [1.807, 2.05) is 0 Å². The molecule has 0 amide bonds. The summed E-state index contributed by atoms with van der Waals surface area (Å²) in [4.78, 5) is 0. The Bertz CT molecular complexity index is 476. The summed E-state index contributed by atoms with van der Waals surface area (Å²) in [6.07, 6.45) is 0. The fraction of sp³-hybridized carbons (Fsp3) is 0.111. The Hall–Kier alpha value is -1.08. The molecule has 0 fully saturated rings. The smallest absolute Gasteiger partial charge is 0.123 e. The molecule has 1 heterocycles. The second-order valence-electron chi connectivity index (χ2n) is 3.10. The van der Waals surface area contributed by atoms with Gasteiger partial charge in [-0.15, -0.1) is 5.10 Å². The highest BCUT2D eigenvalue weighted by Crippen LogP contribution is 2.27. The minimum absolute atomic E-state index is 0.372. The monoisotopic (exact) mass is 258 g/mol. The molecule has 0 spiro atoms. The van der Waals surface area contributed by atoms with Gasteiger partial charge in [-0.3, -0.25) is 5.84 Å². The van der Waals surface area contributed by atoms with Crippen molar-refractivity contribution in [2.75, 3.05) is 0 Å². The van der Waals surface area contributed by atoms with Crippen molar-refractivity contribution in [3.63, 3.8) is 0 Å². The fourth-order valence-corrected chi connectivity index (χ4v) is 2.07. The minimum Gasteiger partial charge on any atom is -0.271 e. The maximum atomic E-state index is 13.1. The first-order chi connectivity index (χ1) is 7.72. The second-order valence-corrected chi connectivity index (χ2v) is 4.11. The summed E-state index contributed by atoms with van der Waals surface area (Å²) in [5.41, 5.74) is 3.69. The zero-order valence-corrected chi connectivity index (χ0v) is 9.60. The van der Waals surface area contributed by atoms with Crippen LogP contribution in [0.4, 0.5) is 4.39 Å². The van der Waals surface area contributed by atoms with Gasteiger partial charge in [0, 0.05) is 10.4 Å². The van der Waals surface area contributed by atoms with Crippen molar-refractivity contribution in [2.24, 2.45) is 5.84 Å². The van der Waals surface area contributed by atoms with Gasteiger partial charge in [-0.25, -0.2) is 9.82 Å². The quantitative estimate of drug-likeness (QED) is 0.652. The van der Waals surface area contributed by atoms with Gasteiger partial charge in [0.25, 0.3) is 0 Å². The molecule has 3 N–H and O–H groups in total. The van der Waals surface area contributed by atoms with Crippen LogP contribution in [-0.2, 0) is 0 Å². The molecule has 1 aromatic heterocycles. The molecule has 4 nitrogen and oxygen atoms in total. The second kappa shape index (κ2) is 4.84. The lowest BCUT2D eigenvalue weighted by Crippen LogP contribution is -2.29. The van der Waals surface area contributed by atoms with E-state index in [-0.39, 0.29) is 5.82 Å². The van der Waals surface area contributed by atoms with Crippen LogP contribution in [0.1, 0.15) is 17.3 Å². The number of nitrogens with one attached hydrogen (secondary N) is 1. The summed E-state index contributed by atoms with van der Waals surface area (Å²) in [6, 6.07) is 3.64. The Kier molecular flexibility index (Phi) is 3.45. The predicted molar refractivity (Wildman–Crippen MR) is 60.5 cm³/mol. The van der Waals surface area contributed by atoms with Gasteiger partial charge >= 0.3 is 0 Å². The topological polar surface area (TPSA) is 63.8 Å². The number of halogens is 2. The molecule has 7 heteroatoms. The van der Waals surface area contributed by atoms with Crippen LogP contribution in [0.15, 0.2) is 23.6 Å². The van der Waals surface area contributed by atoms with E-state index >= 15 is 0 Å². The van der Waals surface area contributed by atoms with E-state index < -0.39 is 6.04 Å². The number of hydrogen-bond acceptors (Lipinski definition) is 5. The van der Waals surface area contributed by atoms with Crippen LogP contribution in [0.3, 0.4) is 0 Å². The van der Waals surface area contributed by atoms with E-state index in [1.54, 1.807) is 5.38 Å². The summed E-state index contributed by atoms with van der Waals surface area (Å²) in [5, 5.41) is 6.04. The molecule has 1 unspecified atom stereocenters. The standard InChI is InChI=1S/C9H8ClFN4S/c10-7-2-1-5(11)3-6(7)9(13-12)8-4-16-15-14-8/h1-4,9,13H,12H2. The van der Waals surface area contributed by atoms with Gasteiger partial charge in [0.1, 0.15) is 5.82 Å². The molecule has 0 aliphatic rings. The van der Waals surface area contributed by atoms with Crippen LogP contribution in [-0.4, -0.2) is 9.59 Å². The Morgan fingerprint density at radius 2 is 2.31 bits per heavy atom. The molecule has 1 atom stereocenters. The number of nitrogens with two attached hydrogens (primary N) is 1. The van der Waals surface area contributed by atoms with Crippen molar-refractivity contribution in [2.45, 2.75) is 6.04 Å². The lowest BCUT2D eigenvalue weighted by Gasteiger charge is -2.14. The van der Waals surface area contributed by atoms with Crippen LogP contribution in [0.25, 0.3) is 0 Å². The first-order valence-electron chi connectivity index (χ1n) is 4.40. The third-order valence-electron chi connectivity index (χ3n) is 2.11. The van der Waals surface area contributed by atoms with Crippen molar-refractivity contribution in [3.05, 3.63) is 45.7 Å². The van der Waals surface area contributed by atoms with Crippen LogP contribution >= 0.6 is 23.1 Å². The molecular weight excluding hydrogens is 251 g/mol. The average molecular weight is 259 g/mol. The number of benzene rings is 1. The van der Waals surface area contributed by atoms with E-state index in [2.05, 4.69) is 15.0 Å². The predicted octanol–water partition coefficient (Wildman–Crippen LogP) is 1.88. The number of hydrazine groups is 1. The van der Waals surface area contributed by atoms with E-state index in [0.29, 0.717) is 16.3 Å². The van der Waals surface area contributed by atoms with Crippen molar-refractivity contribution >= 4 is 23.1 Å². The Morgan fingerprint density at radius 3 is 2.94 bits per heavy atom. The molecule has 0 aliphatic carbocycles. The number of nitrogens with zero attached hydrogens (tertiary/aromatic N) is 2. The largest absolute Gasteiger partial charge is 0.271 e. The van der Waals surface area contributed by atoms with Gasteiger partial charge in [0.15, 0.2) is 0 Å². The Balaban J connectivity index is 2.44. The van der Waals surface area contributed by atoms with Crippen molar-refractivity contribution < 1.29 is 4.39 Å². The molecule has 16 heavy (non-hydrogen) atoms. The molecule has 0 aliphatic heterocycles. The normalized spacial score (nSPS) is 12.7. The fourth-order valence-electron chi connectivity index (χ4n) is 1.37. The lowest BCUT2D eigenvalue weighted by atomic mass is 10.1. The maximum Gasteiger partial charge on any atom is 0.123 e. The van der Waals surface area contributed by atoms with Gasteiger partial charge in [-0.2, -0.15) is 0 Å². The Morgan fingerprint density at radius 1 is 1.50 bits per heavy atom. The van der Waals surface area contributed by atoms with Crippen LogP contribution < -0.4 is 11.3 Å². The van der Waals surface area contributed by atoms with E-state index in [1.165, 1.54) is 29.7 Å². The highest BCUT2D eigenvalue weighted by molar-refractivity contribution is 7.03. The highest BCUT2D eigenvalue weighted by Gasteiger charge is 2.18. The summed E-state index contributed by atoms with van der Waals surface area (Å²) < 4.78 is 16.9. The minimum atomic E-state index is -0.457. The molecule has 1 aromatic carbocycles. The number of rotatable bonds is 3. The van der Waals surface area contributed by atoms with Gasteiger partial charge in [-0.05, 0) is 35.3 Å². The van der Waals surface area contributed by atoms with Crippen LogP contribution in [0.2, 0.25) is 5.02 Å². The van der Waals surface area contributed by atoms with Crippen molar-refractivity contribution in [3.8, 4) is 0 Å². The van der Waals surface area contributed by atoms with Gasteiger partial charge < -0.3 is 0 Å². The summed E-state index contributed by atoms with van der Waals surface area (Å²) >= 11 is 7.17. The first kappa shape index (κ1) is 11.4. The molecule has 0 saturated carbocycles. The van der Waals surface area contributed by atoms with E-state index in [9.17, 15) is 4.39 Å². The van der Waals surface area contributed by atoms with Gasteiger partial charge in [0.05, 0.1) is 11.7 Å². The first-order valence-corrected chi connectivity index (χ1v) is 5.62. The molecule has 0 bridgehead atoms. The molecule has 2 aromatic rings. The molecular formula is C9H8ClFN4S. The molecule has 84 valence electrons. The maximum absolute atomic E-state index is 13.1. The highest BCUT2D eigenvalue weighted by atomic mass is 35.5. The third kappa shape index (κ3) is 2.19. The zero-order chi connectivity index (χ0) is 11.5. The molecule has 2 rings (SSSR count). The third-order valence-corrected chi connectivity index (χ3v) is 2.98. The summed E-state index contributed by atoms with van der Waals surface area (Å²) in [6.45, 7) is 0. The van der Waals surface area contributed by atoms with E-state index in [0.717, 1.165) is 0 Å². The average Bonchev–Trinajstić information content (AvgIpc) is 2.78. The summed E-state index contributed by atoms with van der Waals surface area (Å²) in [5.74, 6) is 5.05. The SMILES string of the molecule is NNC(c1csnn1)c1cc(F)ccc1Cl. The van der Waals surface area contributed by atoms with Gasteiger partial charge in [0.2, 0.25) is 0 Å². The van der Waals surface area contributed by atoms with Crippen LogP contribution in [0.5, 0.6) is 0 Å². The van der Waals surface area contributed by atoms with E-state index in [4.69, 9.17) is 17.4 Å². The Labute approximate surface area is 100 Å². The number of hydrogen-bond donors (Lipinski definition) is 2. The van der Waals surface area contributed by atoms with Crippen LogP contribution in [0, 0.1) is 5.82 Å². The summed E-state index contributed by atoms with van der Waals surface area (Å²) in [7, 11) is 0. The zero-order valence-electron chi connectivity index (χ0n) is 8.02. The number of aromatic nitrogens is 2. The molecule has 0 saturated heterocycles. The van der Waals surface area contributed by atoms with Crippen molar-refractivity contribution in [1.29, 1.82) is 0 Å². The molecule has 0 radical (unpaired) electrons. The van der Waals surface area contributed by atoms with Crippen molar-refractivity contribution in [1.82, 2.24) is 15.0 Å². The lowest BCUT2D eigenvalue weighted by molar-refractivity contribution is 0.597.